The molecule has 2 atom stereocenters. The number of nitrogens with zero attached hydrogens (tertiary/aromatic N) is 3. The molecule has 2 heterocycles. The van der Waals surface area contributed by atoms with Gasteiger partial charge in [-0.1, -0.05) is 0 Å². The van der Waals surface area contributed by atoms with Gasteiger partial charge in [0.05, 0.1) is 12.0 Å². The Morgan fingerprint density at radius 3 is 3.00 bits per heavy atom. The first-order valence-electron chi connectivity index (χ1n) is 6.71. The summed E-state index contributed by atoms with van der Waals surface area (Å²) >= 11 is 4.47. The lowest BCUT2D eigenvalue weighted by atomic mass is 10.1. The minimum Gasteiger partial charge on any atom is -0.383 e. The maximum absolute atomic E-state index is 9.12. The summed E-state index contributed by atoms with van der Waals surface area (Å²) in [5, 5.41) is 0.860. The summed E-state index contributed by atoms with van der Waals surface area (Å²) in [7, 11) is 0. The summed E-state index contributed by atoms with van der Waals surface area (Å²) in [6.07, 6.45) is 6.29. The predicted molar refractivity (Wildman–Crippen MR) is 83.0 cm³/mol. The average molecular weight is 328 g/mol. The Morgan fingerprint density at radius 2 is 2.24 bits per heavy atom. The standard InChI is InChI=1S/C12H17N4O3PS/c13-11-10-3-4-16(12(10)15-7-14-11)9-2-1-8(5-9)6-19-20(17,18)21/h3-4,7-9H,1-2,5-6H2,(H2,13,14,15)(H2,17,18,21)/t8-,9+/m1/s1. The van der Waals surface area contributed by atoms with Crippen LogP contribution in [0, 0.1) is 5.92 Å². The Bertz CT molecular complexity index is 701. The lowest BCUT2D eigenvalue weighted by Gasteiger charge is -2.15. The number of hydrogen-bond donors (Lipinski definition) is 3. The normalized spacial score (nSPS) is 23.0. The van der Waals surface area contributed by atoms with E-state index >= 15 is 0 Å². The van der Waals surface area contributed by atoms with Gasteiger partial charge in [-0.05, 0) is 43.1 Å². The fourth-order valence-corrected chi connectivity index (χ4v) is 3.53. The minimum atomic E-state index is -3.55. The second-order valence-corrected chi connectivity index (χ2v) is 8.00. The number of nitrogens with two attached hydrogens (primary N) is 1. The van der Waals surface area contributed by atoms with Crippen molar-refractivity contribution in [3.8, 4) is 0 Å². The van der Waals surface area contributed by atoms with Gasteiger partial charge < -0.3 is 24.6 Å². The van der Waals surface area contributed by atoms with Gasteiger partial charge in [0.2, 0.25) is 0 Å². The third-order valence-electron chi connectivity index (χ3n) is 3.93. The van der Waals surface area contributed by atoms with Crippen LogP contribution in [-0.4, -0.2) is 30.9 Å². The van der Waals surface area contributed by atoms with E-state index in [-0.39, 0.29) is 12.5 Å². The van der Waals surface area contributed by atoms with Gasteiger partial charge in [0.1, 0.15) is 17.8 Å². The number of hydrogen-bond acceptors (Lipinski definition) is 5. The molecular weight excluding hydrogens is 311 g/mol. The highest BCUT2D eigenvalue weighted by Crippen LogP contribution is 2.41. The second kappa shape index (κ2) is 5.62. The quantitative estimate of drug-likeness (QED) is 0.732. The van der Waals surface area contributed by atoms with Gasteiger partial charge in [-0.15, -0.1) is 0 Å². The summed E-state index contributed by atoms with van der Waals surface area (Å²) in [5.74, 6) is 0.756. The smallest absolute Gasteiger partial charge is 0.321 e. The molecule has 7 nitrogen and oxygen atoms in total. The highest BCUT2D eigenvalue weighted by molar-refractivity contribution is 8.06. The van der Waals surface area contributed by atoms with Crippen LogP contribution in [0.2, 0.25) is 0 Å². The first kappa shape index (κ1) is 14.9. The highest BCUT2D eigenvalue weighted by Gasteiger charge is 2.28. The first-order chi connectivity index (χ1) is 9.94. The van der Waals surface area contributed by atoms with Crippen molar-refractivity contribution in [3.05, 3.63) is 18.6 Å². The van der Waals surface area contributed by atoms with Crippen molar-refractivity contribution in [2.75, 3.05) is 12.3 Å². The van der Waals surface area contributed by atoms with E-state index in [9.17, 15) is 0 Å². The van der Waals surface area contributed by atoms with Crippen molar-refractivity contribution in [1.82, 2.24) is 14.5 Å². The molecule has 3 rings (SSSR count). The molecule has 1 saturated carbocycles. The summed E-state index contributed by atoms with van der Waals surface area (Å²) in [6, 6.07) is 2.23. The molecule has 0 unspecified atom stereocenters. The third kappa shape index (κ3) is 3.25. The van der Waals surface area contributed by atoms with Crippen LogP contribution < -0.4 is 5.73 Å². The maximum atomic E-state index is 9.12. The summed E-state index contributed by atoms with van der Waals surface area (Å²) < 4.78 is 7.08. The van der Waals surface area contributed by atoms with E-state index in [1.165, 1.54) is 6.33 Å². The fourth-order valence-electron chi connectivity index (χ4n) is 2.94. The molecule has 4 N–H and O–H groups in total. The number of fused-ring (bicyclic) bond motifs is 1. The molecule has 0 aromatic carbocycles. The van der Waals surface area contributed by atoms with Gasteiger partial charge in [0.25, 0.3) is 0 Å². The number of anilines is 1. The van der Waals surface area contributed by atoms with Crippen LogP contribution >= 0.6 is 6.72 Å². The van der Waals surface area contributed by atoms with E-state index in [2.05, 4.69) is 26.3 Å². The Balaban J connectivity index is 1.73. The van der Waals surface area contributed by atoms with Gasteiger partial charge in [-0.2, -0.15) is 0 Å². The predicted octanol–water partition coefficient (Wildman–Crippen LogP) is 1.58. The van der Waals surface area contributed by atoms with Gasteiger partial charge in [0, 0.05) is 12.2 Å². The molecule has 0 radical (unpaired) electrons. The Morgan fingerprint density at radius 1 is 1.43 bits per heavy atom. The highest BCUT2D eigenvalue weighted by atomic mass is 32.5. The molecule has 21 heavy (non-hydrogen) atoms. The van der Waals surface area contributed by atoms with Crippen LogP contribution in [0.25, 0.3) is 11.0 Å². The van der Waals surface area contributed by atoms with E-state index in [1.807, 2.05) is 12.3 Å². The fraction of sp³-hybridized carbons (Fsp3) is 0.500. The Labute approximate surface area is 127 Å². The molecule has 0 saturated heterocycles. The summed E-state index contributed by atoms with van der Waals surface area (Å²) in [6.45, 7) is -3.27. The van der Waals surface area contributed by atoms with Crippen LogP contribution in [0.1, 0.15) is 25.3 Å². The molecule has 114 valence electrons. The zero-order chi connectivity index (χ0) is 15.0. The summed E-state index contributed by atoms with van der Waals surface area (Å²) in [5.41, 5.74) is 6.68. The summed E-state index contributed by atoms with van der Waals surface area (Å²) in [4.78, 5) is 26.5. The molecule has 0 aliphatic heterocycles. The van der Waals surface area contributed by atoms with Crippen LogP contribution in [0.15, 0.2) is 18.6 Å². The second-order valence-electron chi connectivity index (χ2n) is 5.34. The SMILES string of the molecule is Nc1ncnc2c1ccn2[C@H]1CC[C@@H](COP(O)(O)=S)C1. The number of aromatic nitrogens is 3. The van der Waals surface area contributed by atoms with Crippen molar-refractivity contribution in [1.29, 1.82) is 0 Å². The zero-order valence-corrected chi connectivity index (χ0v) is 13.0. The van der Waals surface area contributed by atoms with Gasteiger partial charge >= 0.3 is 6.72 Å². The third-order valence-corrected chi connectivity index (χ3v) is 4.73. The molecule has 1 fully saturated rings. The lowest BCUT2D eigenvalue weighted by molar-refractivity contribution is 0.208. The Kier molecular flexibility index (Phi) is 3.98. The minimum absolute atomic E-state index is 0.272. The van der Waals surface area contributed by atoms with Crippen molar-refractivity contribution in [3.63, 3.8) is 0 Å². The molecular formula is C12H17N4O3PS. The van der Waals surface area contributed by atoms with Crippen LogP contribution in [0.4, 0.5) is 5.82 Å². The van der Waals surface area contributed by atoms with Crippen molar-refractivity contribution >= 4 is 35.4 Å². The monoisotopic (exact) mass is 328 g/mol. The largest absolute Gasteiger partial charge is 0.383 e. The van der Waals surface area contributed by atoms with Crippen LogP contribution in [0.3, 0.4) is 0 Å². The van der Waals surface area contributed by atoms with Gasteiger partial charge in [-0.3, -0.25) is 0 Å². The van der Waals surface area contributed by atoms with E-state index in [1.54, 1.807) is 0 Å². The molecule has 0 bridgehead atoms. The molecule has 1 aliphatic rings. The maximum Gasteiger partial charge on any atom is 0.321 e. The molecule has 9 heteroatoms. The first-order valence-corrected chi connectivity index (χ1v) is 9.34. The zero-order valence-electron chi connectivity index (χ0n) is 11.3. The van der Waals surface area contributed by atoms with Crippen molar-refractivity contribution in [2.24, 2.45) is 5.92 Å². The van der Waals surface area contributed by atoms with Crippen molar-refractivity contribution in [2.45, 2.75) is 25.3 Å². The van der Waals surface area contributed by atoms with Gasteiger partial charge in [-0.25, -0.2) is 9.97 Å². The lowest BCUT2D eigenvalue weighted by Crippen LogP contribution is -2.08. The number of nitrogen functional groups attached to an aromatic ring is 1. The number of rotatable bonds is 4. The molecule has 0 spiro atoms. The van der Waals surface area contributed by atoms with E-state index < -0.39 is 6.72 Å². The topological polar surface area (TPSA) is 106 Å². The van der Waals surface area contributed by atoms with Crippen LogP contribution in [0.5, 0.6) is 0 Å². The van der Waals surface area contributed by atoms with Crippen molar-refractivity contribution < 1.29 is 14.3 Å². The van der Waals surface area contributed by atoms with E-state index in [0.29, 0.717) is 11.9 Å². The van der Waals surface area contributed by atoms with Crippen LogP contribution in [-0.2, 0) is 16.3 Å². The molecule has 1 aliphatic carbocycles. The molecule has 2 aromatic rings. The Hall–Kier alpha value is -1.05. The average Bonchev–Trinajstić information content (AvgIpc) is 3.02. The van der Waals surface area contributed by atoms with E-state index in [4.69, 9.17) is 20.0 Å². The molecule has 2 aromatic heterocycles. The molecule has 0 amide bonds. The van der Waals surface area contributed by atoms with E-state index in [0.717, 1.165) is 30.3 Å². The van der Waals surface area contributed by atoms with Gasteiger partial charge in [0.15, 0.2) is 0 Å².